The van der Waals surface area contributed by atoms with Crippen LogP contribution in [0.2, 0.25) is 0 Å². The molecule has 0 saturated carbocycles. The van der Waals surface area contributed by atoms with E-state index >= 15 is 0 Å². The number of amides is 2. The monoisotopic (exact) mass is 313 g/mol. The molecule has 2 heterocycles. The number of pyridine rings is 1. The molecular weight excluding hydrogens is 294 g/mol. The fourth-order valence-electron chi connectivity index (χ4n) is 2.35. The zero-order valence-corrected chi connectivity index (χ0v) is 12.9. The topological polar surface area (TPSA) is 72.5 Å². The van der Waals surface area contributed by atoms with Gasteiger partial charge in [-0.15, -0.1) is 0 Å². The fraction of sp³-hybridized carbons (Fsp3) is 0.294. The smallest absolute Gasteiger partial charge is 0.315 e. The highest BCUT2D eigenvalue weighted by molar-refractivity contribution is 5.74. The van der Waals surface area contributed by atoms with Crippen molar-refractivity contribution in [3.63, 3.8) is 0 Å². The van der Waals surface area contributed by atoms with Gasteiger partial charge in [-0.25, -0.2) is 4.79 Å². The Labute approximate surface area is 134 Å². The third-order valence-electron chi connectivity index (χ3n) is 3.61. The van der Waals surface area contributed by atoms with Crippen LogP contribution in [0.5, 0.6) is 11.5 Å². The highest BCUT2D eigenvalue weighted by Gasteiger charge is 2.21. The van der Waals surface area contributed by atoms with E-state index in [4.69, 9.17) is 9.47 Å². The van der Waals surface area contributed by atoms with Gasteiger partial charge in [-0.05, 0) is 36.8 Å². The van der Waals surface area contributed by atoms with Gasteiger partial charge in [0.15, 0.2) is 17.6 Å². The Morgan fingerprint density at radius 3 is 2.78 bits per heavy atom. The predicted molar refractivity (Wildman–Crippen MR) is 85.5 cm³/mol. The first-order valence-electron chi connectivity index (χ1n) is 7.55. The minimum Gasteiger partial charge on any atom is -0.486 e. The lowest BCUT2D eigenvalue weighted by Crippen LogP contribution is -2.45. The molecule has 0 bridgehead atoms. The van der Waals surface area contributed by atoms with Gasteiger partial charge in [0.1, 0.15) is 6.61 Å². The lowest BCUT2D eigenvalue weighted by molar-refractivity contribution is 0.0917. The van der Waals surface area contributed by atoms with E-state index in [1.165, 1.54) is 0 Å². The Hall–Kier alpha value is -2.76. The van der Waals surface area contributed by atoms with Crippen LogP contribution in [-0.4, -0.2) is 30.3 Å². The number of nitrogens with zero attached hydrogens (tertiary/aromatic N) is 1. The van der Waals surface area contributed by atoms with E-state index in [9.17, 15) is 4.79 Å². The number of ether oxygens (including phenoxy) is 2. The Morgan fingerprint density at radius 1 is 1.26 bits per heavy atom. The highest BCUT2D eigenvalue weighted by atomic mass is 16.6. The zero-order valence-electron chi connectivity index (χ0n) is 12.9. The highest BCUT2D eigenvalue weighted by Crippen LogP contribution is 2.30. The van der Waals surface area contributed by atoms with Crippen molar-refractivity contribution in [2.75, 3.05) is 13.2 Å². The summed E-state index contributed by atoms with van der Waals surface area (Å²) in [5.74, 6) is 1.44. The van der Waals surface area contributed by atoms with E-state index in [1.807, 2.05) is 43.3 Å². The third kappa shape index (κ3) is 3.91. The van der Waals surface area contributed by atoms with Gasteiger partial charge in [-0.3, -0.25) is 4.98 Å². The summed E-state index contributed by atoms with van der Waals surface area (Å²) >= 11 is 0. The summed E-state index contributed by atoms with van der Waals surface area (Å²) in [5.41, 5.74) is 1.00. The quantitative estimate of drug-likeness (QED) is 0.908. The first-order chi connectivity index (χ1) is 11.2. The van der Waals surface area contributed by atoms with Crippen molar-refractivity contribution in [3.8, 4) is 11.5 Å². The van der Waals surface area contributed by atoms with Crippen molar-refractivity contribution >= 4 is 6.03 Å². The van der Waals surface area contributed by atoms with Gasteiger partial charge in [-0.1, -0.05) is 12.1 Å². The second-order valence-corrected chi connectivity index (χ2v) is 5.35. The molecule has 2 aromatic rings. The van der Waals surface area contributed by atoms with Crippen LogP contribution in [0.3, 0.4) is 0 Å². The zero-order chi connectivity index (χ0) is 16.1. The Morgan fingerprint density at radius 2 is 2.00 bits per heavy atom. The van der Waals surface area contributed by atoms with Crippen LogP contribution < -0.4 is 20.1 Å². The van der Waals surface area contributed by atoms with Crippen molar-refractivity contribution in [1.82, 2.24) is 15.6 Å². The summed E-state index contributed by atoms with van der Waals surface area (Å²) in [4.78, 5) is 15.9. The van der Waals surface area contributed by atoms with Gasteiger partial charge in [0.25, 0.3) is 0 Å². The van der Waals surface area contributed by atoms with Crippen molar-refractivity contribution < 1.29 is 14.3 Å². The molecule has 1 aromatic carbocycles. The van der Waals surface area contributed by atoms with Gasteiger partial charge in [0.2, 0.25) is 0 Å². The maximum atomic E-state index is 12.0. The van der Waals surface area contributed by atoms with E-state index in [0.29, 0.717) is 18.9 Å². The summed E-state index contributed by atoms with van der Waals surface area (Å²) in [6, 6.07) is 10.9. The molecule has 2 unspecified atom stereocenters. The largest absolute Gasteiger partial charge is 0.486 e. The second kappa shape index (κ2) is 7.00. The van der Waals surface area contributed by atoms with E-state index < -0.39 is 0 Å². The molecule has 1 aliphatic heterocycles. The number of fused-ring (bicyclic) bond motifs is 1. The SMILES string of the molecule is CC(NC(=O)NCC1COc2ccccc2O1)c1ccncc1. The number of nitrogens with one attached hydrogen (secondary N) is 2. The average Bonchev–Trinajstić information content (AvgIpc) is 2.60. The molecule has 1 aliphatic rings. The Kier molecular flexibility index (Phi) is 4.61. The first-order valence-corrected chi connectivity index (χ1v) is 7.55. The van der Waals surface area contributed by atoms with E-state index in [2.05, 4.69) is 15.6 Å². The van der Waals surface area contributed by atoms with E-state index in [1.54, 1.807) is 12.4 Å². The molecule has 0 spiro atoms. The number of carbonyl (C=O) groups excluding carboxylic acids is 1. The van der Waals surface area contributed by atoms with Crippen molar-refractivity contribution in [1.29, 1.82) is 0 Å². The van der Waals surface area contributed by atoms with Crippen LogP contribution in [-0.2, 0) is 0 Å². The maximum Gasteiger partial charge on any atom is 0.315 e. The number of benzene rings is 1. The minimum atomic E-state index is -0.239. The number of hydrogen-bond donors (Lipinski definition) is 2. The molecule has 120 valence electrons. The first kappa shape index (κ1) is 15.1. The van der Waals surface area contributed by atoms with Gasteiger partial charge in [-0.2, -0.15) is 0 Å². The van der Waals surface area contributed by atoms with Gasteiger partial charge in [0, 0.05) is 12.4 Å². The van der Waals surface area contributed by atoms with Crippen LogP contribution in [0.4, 0.5) is 4.79 Å². The number of rotatable bonds is 4. The summed E-state index contributed by atoms with van der Waals surface area (Å²) in [7, 11) is 0. The molecule has 2 atom stereocenters. The molecule has 2 N–H and O–H groups in total. The molecule has 6 heteroatoms. The van der Waals surface area contributed by atoms with Crippen LogP contribution in [0.25, 0.3) is 0 Å². The van der Waals surface area contributed by atoms with Crippen LogP contribution in [0.15, 0.2) is 48.8 Å². The molecule has 2 amide bonds. The maximum absolute atomic E-state index is 12.0. The van der Waals surface area contributed by atoms with Crippen molar-refractivity contribution in [2.24, 2.45) is 0 Å². The lowest BCUT2D eigenvalue weighted by atomic mass is 10.1. The van der Waals surface area contributed by atoms with Gasteiger partial charge < -0.3 is 20.1 Å². The molecule has 0 saturated heterocycles. The molecule has 23 heavy (non-hydrogen) atoms. The van der Waals surface area contributed by atoms with Crippen molar-refractivity contribution in [2.45, 2.75) is 19.1 Å². The van der Waals surface area contributed by atoms with Gasteiger partial charge >= 0.3 is 6.03 Å². The normalized spacial score (nSPS) is 17.2. The van der Waals surface area contributed by atoms with E-state index in [-0.39, 0.29) is 18.2 Å². The molecule has 0 aliphatic carbocycles. The Bertz CT molecular complexity index is 663. The molecule has 6 nitrogen and oxygen atoms in total. The van der Waals surface area contributed by atoms with Crippen LogP contribution in [0.1, 0.15) is 18.5 Å². The molecule has 0 radical (unpaired) electrons. The number of hydrogen-bond acceptors (Lipinski definition) is 4. The van der Waals surface area contributed by atoms with Crippen molar-refractivity contribution in [3.05, 3.63) is 54.4 Å². The summed E-state index contributed by atoms with van der Waals surface area (Å²) in [6.07, 6.45) is 3.21. The summed E-state index contributed by atoms with van der Waals surface area (Å²) in [6.45, 7) is 2.71. The average molecular weight is 313 g/mol. The number of aromatic nitrogens is 1. The second-order valence-electron chi connectivity index (χ2n) is 5.35. The molecular formula is C17H19N3O3. The standard InChI is InChI=1S/C17H19N3O3/c1-12(13-6-8-18-9-7-13)20-17(21)19-10-14-11-22-15-4-2-3-5-16(15)23-14/h2-9,12,14H,10-11H2,1H3,(H2,19,20,21). The molecule has 3 rings (SSSR count). The fourth-order valence-corrected chi connectivity index (χ4v) is 2.35. The van der Waals surface area contributed by atoms with E-state index in [0.717, 1.165) is 11.3 Å². The summed E-state index contributed by atoms with van der Waals surface area (Å²) < 4.78 is 11.4. The van der Waals surface area contributed by atoms with Gasteiger partial charge in [0.05, 0.1) is 12.6 Å². The molecule has 0 fully saturated rings. The minimum absolute atomic E-state index is 0.0951. The molecule has 1 aromatic heterocycles. The summed E-state index contributed by atoms with van der Waals surface area (Å²) in [5, 5.41) is 5.69. The number of para-hydroxylation sites is 2. The van der Waals surface area contributed by atoms with Crippen LogP contribution in [0, 0.1) is 0 Å². The predicted octanol–water partition coefficient (Wildman–Crippen LogP) is 2.28. The van der Waals surface area contributed by atoms with Crippen LogP contribution >= 0.6 is 0 Å². The lowest BCUT2D eigenvalue weighted by Gasteiger charge is -2.26. The number of urea groups is 1. The third-order valence-corrected chi connectivity index (χ3v) is 3.61. The number of carbonyl (C=O) groups is 1. The Balaban J connectivity index is 1.47.